The highest BCUT2D eigenvalue weighted by molar-refractivity contribution is 7.91. The number of halogens is 4. The summed E-state index contributed by atoms with van der Waals surface area (Å²) < 4.78 is 67.4. The second-order valence-corrected chi connectivity index (χ2v) is 7.48. The van der Waals surface area contributed by atoms with E-state index in [-0.39, 0.29) is 21.9 Å². The maximum atomic E-state index is 12.6. The van der Waals surface area contributed by atoms with Crippen molar-refractivity contribution < 1.29 is 31.1 Å². The van der Waals surface area contributed by atoms with Crippen molar-refractivity contribution in [2.24, 2.45) is 5.73 Å². The van der Waals surface area contributed by atoms with E-state index in [4.69, 9.17) is 27.8 Å². The first-order chi connectivity index (χ1) is 11.9. The average Bonchev–Trinajstić information content (AvgIpc) is 2.52. The van der Waals surface area contributed by atoms with Gasteiger partial charge in [0, 0.05) is 5.69 Å². The minimum Gasteiger partial charge on any atom is -0.476 e. The van der Waals surface area contributed by atoms with E-state index in [1.54, 1.807) is 0 Å². The Labute approximate surface area is 151 Å². The van der Waals surface area contributed by atoms with Crippen molar-refractivity contribution in [2.75, 3.05) is 11.7 Å². The lowest BCUT2D eigenvalue weighted by Crippen LogP contribution is -2.17. The monoisotopic (exact) mass is 408 g/mol. The molecule has 1 amide bonds. The highest BCUT2D eigenvalue weighted by atomic mass is 35.5. The summed E-state index contributed by atoms with van der Waals surface area (Å²) in [4.78, 5) is 11.0. The van der Waals surface area contributed by atoms with Crippen LogP contribution in [0.4, 0.5) is 18.9 Å². The minimum atomic E-state index is -4.59. The third kappa shape index (κ3) is 4.38. The van der Waals surface area contributed by atoms with Gasteiger partial charge in [-0.1, -0.05) is 11.6 Å². The molecule has 4 N–H and O–H groups in total. The quantitative estimate of drug-likeness (QED) is 0.739. The third-order valence-corrected chi connectivity index (χ3v) is 4.97. The van der Waals surface area contributed by atoms with Gasteiger partial charge in [-0.3, -0.25) is 4.79 Å². The second-order valence-electron chi connectivity index (χ2n) is 5.13. The number of primary amides is 1. The van der Waals surface area contributed by atoms with Crippen LogP contribution in [0.15, 0.2) is 41.3 Å². The van der Waals surface area contributed by atoms with E-state index in [9.17, 15) is 26.4 Å². The molecule has 0 radical (unpaired) electrons. The van der Waals surface area contributed by atoms with Gasteiger partial charge in [0.2, 0.25) is 9.84 Å². The lowest BCUT2D eigenvalue weighted by molar-refractivity contribution is -0.137. The number of nitrogen functional groups attached to an aromatic ring is 1. The molecule has 2 aromatic rings. The van der Waals surface area contributed by atoms with Crippen LogP contribution in [-0.2, 0) is 16.0 Å². The smallest absolute Gasteiger partial charge is 0.416 e. The first-order valence-corrected chi connectivity index (χ1v) is 8.86. The summed E-state index contributed by atoms with van der Waals surface area (Å²) in [6.07, 6.45) is -4.59. The first kappa shape index (κ1) is 19.9. The normalized spacial score (nSPS) is 12.0. The van der Waals surface area contributed by atoms with E-state index < -0.39 is 38.4 Å². The minimum absolute atomic E-state index is 0.00292. The number of hydrogen-bond donors (Lipinski definition) is 2. The lowest BCUT2D eigenvalue weighted by atomic mass is 10.2. The summed E-state index contributed by atoms with van der Waals surface area (Å²) in [7, 11) is -4.05. The number of alkyl halides is 3. The Balaban J connectivity index is 2.24. The van der Waals surface area contributed by atoms with E-state index >= 15 is 0 Å². The molecule has 0 aliphatic heterocycles. The van der Waals surface area contributed by atoms with E-state index in [1.165, 1.54) is 6.07 Å². The molecule has 0 spiro atoms. The van der Waals surface area contributed by atoms with Gasteiger partial charge in [-0.2, -0.15) is 13.2 Å². The van der Waals surface area contributed by atoms with Crippen molar-refractivity contribution in [2.45, 2.75) is 11.1 Å². The number of nitrogens with two attached hydrogens (primary N) is 2. The summed E-state index contributed by atoms with van der Waals surface area (Å²) in [6.45, 7) is 0. The molecule has 0 bridgehead atoms. The second kappa shape index (κ2) is 7.04. The molecule has 0 aliphatic rings. The summed E-state index contributed by atoms with van der Waals surface area (Å²) in [5.41, 5.74) is 9.46. The van der Waals surface area contributed by atoms with Crippen LogP contribution in [-0.4, -0.2) is 20.3 Å². The van der Waals surface area contributed by atoms with Crippen molar-refractivity contribution in [1.29, 1.82) is 0 Å². The van der Waals surface area contributed by atoms with E-state index in [2.05, 4.69) is 0 Å². The standard InChI is InChI=1S/C15H12ClF3N2O4S/c16-11-5-8(15(17,18)19)1-4-13(11)25-7-26(23,24)9-2-3-12(20)10(6-9)14(21)22/h1-6H,7,20H2,(H2,21,22). The van der Waals surface area contributed by atoms with E-state index in [0.717, 1.165) is 18.2 Å². The predicted molar refractivity (Wildman–Crippen MR) is 88.5 cm³/mol. The van der Waals surface area contributed by atoms with Crippen LogP contribution in [0.3, 0.4) is 0 Å². The zero-order valence-corrected chi connectivity index (χ0v) is 14.5. The average molecular weight is 409 g/mol. The summed E-state index contributed by atoms with van der Waals surface area (Å²) in [5.74, 6) is -2.07. The van der Waals surface area contributed by atoms with Crippen LogP contribution in [0.2, 0.25) is 5.02 Å². The van der Waals surface area contributed by atoms with Gasteiger partial charge < -0.3 is 16.2 Å². The maximum Gasteiger partial charge on any atom is 0.416 e. The van der Waals surface area contributed by atoms with Gasteiger partial charge in [0.1, 0.15) is 5.75 Å². The Morgan fingerprint density at radius 1 is 1.15 bits per heavy atom. The van der Waals surface area contributed by atoms with Crippen molar-refractivity contribution in [3.05, 3.63) is 52.5 Å². The molecule has 0 fully saturated rings. The van der Waals surface area contributed by atoms with Gasteiger partial charge >= 0.3 is 6.18 Å². The fourth-order valence-electron chi connectivity index (χ4n) is 1.95. The molecule has 140 valence electrons. The zero-order valence-electron chi connectivity index (χ0n) is 12.9. The van der Waals surface area contributed by atoms with Gasteiger partial charge in [-0.25, -0.2) is 8.42 Å². The van der Waals surface area contributed by atoms with E-state index in [0.29, 0.717) is 12.1 Å². The molecule has 0 aliphatic carbocycles. The van der Waals surface area contributed by atoms with E-state index in [1.807, 2.05) is 0 Å². The van der Waals surface area contributed by atoms with Gasteiger partial charge in [0.25, 0.3) is 5.91 Å². The molecule has 0 aromatic heterocycles. The van der Waals surface area contributed by atoms with Crippen LogP contribution in [0.25, 0.3) is 0 Å². The Morgan fingerprint density at radius 3 is 2.35 bits per heavy atom. The van der Waals surface area contributed by atoms with Crippen molar-refractivity contribution >= 4 is 33.0 Å². The van der Waals surface area contributed by atoms with Crippen LogP contribution >= 0.6 is 11.6 Å². The summed E-state index contributed by atoms with van der Waals surface area (Å²) >= 11 is 5.70. The number of rotatable bonds is 5. The van der Waals surface area contributed by atoms with Crippen molar-refractivity contribution in [1.82, 2.24) is 0 Å². The SMILES string of the molecule is NC(=O)c1cc(S(=O)(=O)COc2ccc(C(F)(F)F)cc2Cl)ccc1N. The largest absolute Gasteiger partial charge is 0.476 e. The van der Waals surface area contributed by atoms with Gasteiger partial charge in [-0.15, -0.1) is 0 Å². The molecule has 0 saturated heterocycles. The molecular weight excluding hydrogens is 397 g/mol. The number of sulfone groups is 1. The Morgan fingerprint density at radius 2 is 1.81 bits per heavy atom. The molecule has 6 nitrogen and oxygen atoms in total. The van der Waals surface area contributed by atoms with Crippen LogP contribution < -0.4 is 16.2 Å². The van der Waals surface area contributed by atoms with Crippen LogP contribution in [0.5, 0.6) is 5.75 Å². The molecule has 11 heteroatoms. The maximum absolute atomic E-state index is 12.6. The first-order valence-electron chi connectivity index (χ1n) is 6.83. The highest BCUT2D eigenvalue weighted by Crippen LogP contribution is 2.35. The number of carbonyl (C=O) groups is 1. The molecule has 0 saturated carbocycles. The number of benzene rings is 2. The summed E-state index contributed by atoms with van der Waals surface area (Å²) in [5, 5.41) is -0.398. The predicted octanol–water partition coefficient (Wildman–Crippen LogP) is 2.85. The molecular formula is C15H12ClF3N2O4S. The van der Waals surface area contributed by atoms with Crippen molar-refractivity contribution in [3.8, 4) is 5.75 Å². The Bertz CT molecular complexity index is 962. The fourth-order valence-corrected chi connectivity index (χ4v) is 3.17. The van der Waals surface area contributed by atoms with Crippen LogP contribution in [0.1, 0.15) is 15.9 Å². The van der Waals surface area contributed by atoms with Crippen molar-refractivity contribution in [3.63, 3.8) is 0 Å². The lowest BCUT2D eigenvalue weighted by Gasteiger charge is -2.12. The fraction of sp³-hybridized carbons (Fsp3) is 0.133. The molecule has 0 unspecified atom stereocenters. The molecule has 2 aromatic carbocycles. The number of anilines is 1. The van der Waals surface area contributed by atoms with Crippen LogP contribution in [0, 0.1) is 0 Å². The van der Waals surface area contributed by atoms with Gasteiger partial charge in [0.15, 0.2) is 5.94 Å². The number of hydrogen-bond acceptors (Lipinski definition) is 5. The topological polar surface area (TPSA) is 112 Å². The zero-order chi connectivity index (χ0) is 19.7. The number of amides is 1. The molecule has 0 atom stereocenters. The molecule has 0 heterocycles. The molecule has 26 heavy (non-hydrogen) atoms. The highest BCUT2D eigenvalue weighted by Gasteiger charge is 2.31. The van der Waals surface area contributed by atoms with Gasteiger partial charge in [-0.05, 0) is 36.4 Å². The number of carbonyl (C=O) groups excluding carboxylic acids is 1. The molecule has 2 rings (SSSR count). The Kier molecular flexibility index (Phi) is 5.38. The third-order valence-electron chi connectivity index (χ3n) is 3.28. The summed E-state index contributed by atoms with van der Waals surface area (Å²) in [6, 6.07) is 5.58. The number of ether oxygens (including phenoxy) is 1. The Hall–Kier alpha value is -2.46. The van der Waals surface area contributed by atoms with Gasteiger partial charge in [0.05, 0.1) is 21.0 Å².